The first-order valence-electron chi connectivity index (χ1n) is 5.11. The molecule has 0 aromatic heterocycles. The van der Waals surface area contributed by atoms with Crippen LogP contribution in [0, 0.1) is 11.3 Å². The summed E-state index contributed by atoms with van der Waals surface area (Å²) in [5, 5.41) is 11.2. The van der Waals surface area contributed by atoms with E-state index in [4.69, 9.17) is 15.7 Å². The smallest absolute Gasteiger partial charge is 0.412 e. The van der Waals surface area contributed by atoms with Crippen molar-refractivity contribution in [1.29, 1.82) is 5.26 Å². The second-order valence-corrected chi connectivity index (χ2v) is 4.54. The lowest BCUT2D eigenvalue weighted by Gasteiger charge is -2.20. The number of nitriles is 1. The number of hydrogen-bond donors (Lipinski definition) is 2. The van der Waals surface area contributed by atoms with Crippen molar-refractivity contribution in [3.8, 4) is 6.07 Å². The molecule has 0 radical (unpaired) electrons. The standard InChI is InChI=1S/C12H15N3O2/c1-12(2,3)17-11(16)15-10-6-8(7-13)4-5-9(10)14/h4-6H,14H2,1-3H3,(H,15,16). The molecule has 0 aliphatic carbocycles. The number of carbonyl (C=O) groups excluding carboxylic acids is 1. The Morgan fingerprint density at radius 1 is 1.47 bits per heavy atom. The van der Waals surface area contributed by atoms with E-state index in [1.54, 1.807) is 32.9 Å². The van der Waals surface area contributed by atoms with Gasteiger partial charge in [0.1, 0.15) is 5.60 Å². The molecule has 1 amide bonds. The van der Waals surface area contributed by atoms with Gasteiger partial charge in [0.05, 0.1) is 23.0 Å². The van der Waals surface area contributed by atoms with Crippen LogP contribution in [0.25, 0.3) is 0 Å². The number of rotatable bonds is 1. The number of carbonyl (C=O) groups is 1. The van der Waals surface area contributed by atoms with Crippen LogP contribution in [0.1, 0.15) is 26.3 Å². The minimum Gasteiger partial charge on any atom is -0.444 e. The first-order valence-corrected chi connectivity index (χ1v) is 5.11. The molecule has 0 heterocycles. The molecular formula is C12H15N3O2. The van der Waals surface area contributed by atoms with Crippen LogP contribution in [-0.4, -0.2) is 11.7 Å². The van der Waals surface area contributed by atoms with Crippen LogP contribution in [0.4, 0.5) is 16.2 Å². The van der Waals surface area contributed by atoms with Crippen molar-refractivity contribution in [1.82, 2.24) is 0 Å². The Bertz CT molecular complexity index is 470. The maximum atomic E-state index is 11.5. The van der Waals surface area contributed by atoms with E-state index >= 15 is 0 Å². The Labute approximate surface area is 100 Å². The van der Waals surface area contributed by atoms with Crippen molar-refractivity contribution in [2.45, 2.75) is 26.4 Å². The van der Waals surface area contributed by atoms with Gasteiger partial charge in [-0.1, -0.05) is 0 Å². The molecule has 0 spiro atoms. The average molecular weight is 233 g/mol. The number of hydrogen-bond acceptors (Lipinski definition) is 4. The van der Waals surface area contributed by atoms with Gasteiger partial charge in [0.25, 0.3) is 0 Å². The predicted octanol–water partition coefficient (Wildman–Crippen LogP) is 2.49. The Morgan fingerprint density at radius 2 is 2.12 bits per heavy atom. The zero-order valence-corrected chi connectivity index (χ0v) is 10.1. The average Bonchev–Trinajstić information content (AvgIpc) is 2.18. The molecule has 3 N–H and O–H groups in total. The molecule has 1 aromatic carbocycles. The maximum Gasteiger partial charge on any atom is 0.412 e. The van der Waals surface area contributed by atoms with Crippen molar-refractivity contribution < 1.29 is 9.53 Å². The van der Waals surface area contributed by atoms with Crippen LogP contribution in [0.2, 0.25) is 0 Å². The van der Waals surface area contributed by atoms with Gasteiger partial charge in [-0.15, -0.1) is 0 Å². The van der Waals surface area contributed by atoms with Crippen LogP contribution < -0.4 is 11.1 Å². The van der Waals surface area contributed by atoms with E-state index in [2.05, 4.69) is 5.32 Å². The van der Waals surface area contributed by atoms with Crippen LogP contribution in [-0.2, 0) is 4.74 Å². The summed E-state index contributed by atoms with van der Waals surface area (Å²) in [6.45, 7) is 5.30. The van der Waals surface area contributed by atoms with Crippen molar-refractivity contribution in [3.63, 3.8) is 0 Å². The summed E-state index contributed by atoms with van der Waals surface area (Å²) >= 11 is 0. The van der Waals surface area contributed by atoms with Crippen LogP contribution >= 0.6 is 0 Å². The van der Waals surface area contributed by atoms with E-state index in [-0.39, 0.29) is 0 Å². The van der Waals surface area contributed by atoms with Gasteiger partial charge in [-0.2, -0.15) is 5.26 Å². The highest BCUT2D eigenvalue weighted by Crippen LogP contribution is 2.20. The van der Waals surface area contributed by atoms with E-state index in [1.807, 2.05) is 6.07 Å². The molecule has 0 fully saturated rings. The summed E-state index contributed by atoms with van der Waals surface area (Å²) in [4.78, 5) is 11.5. The summed E-state index contributed by atoms with van der Waals surface area (Å²) < 4.78 is 5.08. The highest BCUT2D eigenvalue weighted by Gasteiger charge is 2.16. The highest BCUT2D eigenvalue weighted by atomic mass is 16.6. The molecule has 0 unspecified atom stereocenters. The van der Waals surface area contributed by atoms with Gasteiger partial charge in [-0.25, -0.2) is 4.79 Å². The second-order valence-electron chi connectivity index (χ2n) is 4.54. The molecule has 0 aliphatic heterocycles. The Morgan fingerprint density at radius 3 is 2.65 bits per heavy atom. The molecule has 0 saturated heterocycles. The summed E-state index contributed by atoms with van der Waals surface area (Å²) in [6.07, 6.45) is -0.598. The fourth-order valence-corrected chi connectivity index (χ4v) is 1.15. The van der Waals surface area contributed by atoms with E-state index in [1.165, 1.54) is 6.07 Å². The van der Waals surface area contributed by atoms with Gasteiger partial charge in [0, 0.05) is 0 Å². The molecule has 17 heavy (non-hydrogen) atoms. The van der Waals surface area contributed by atoms with Gasteiger partial charge < -0.3 is 10.5 Å². The van der Waals surface area contributed by atoms with Gasteiger partial charge >= 0.3 is 6.09 Å². The number of amides is 1. The van der Waals surface area contributed by atoms with Crippen molar-refractivity contribution in [3.05, 3.63) is 23.8 Å². The fraction of sp³-hybridized carbons (Fsp3) is 0.333. The van der Waals surface area contributed by atoms with E-state index in [9.17, 15) is 4.79 Å². The third-order valence-electron chi connectivity index (χ3n) is 1.82. The lowest BCUT2D eigenvalue weighted by atomic mass is 10.2. The van der Waals surface area contributed by atoms with Crippen molar-refractivity contribution >= 4 is 17.5 Å². The van der Waals surface area contributed by atoms with Gasteiger partial charge in [-0.05, 0) is 39.0 Å². The van der Waals surface area contributed by atoms with E-state index in [0.717, 1.165) is 0 Å². The number of nitrogens with two attached hydrogens (primary N) is 1. The highest BCUT2D eigenvalue weighted by molar-refractivity contribution is 5.89. The largest absolute Gasteiger partial charge is 0.444 e. The molecule has 0 bridgehead atoms. The normalized spacial score (nSPS) is 10.5. The maximum absolute atomic E-state index is 11.5. The monoisotopic (exact) mass is 233 g/mol. The van der Waals surface area contributed by atoms with Crippen LogP contribution in [0.3, 0.4) is 0 Å². The molecule has 5 nitrogen and oxygen atoms in total. The fourth-order valence-electron chi connectivity index (χ4n) is 1.15. The number of nitrogens with one attached hydrogen (secondary N) is 1. The number of nitrogens with zero attached hydrogens (tertiary/aromatic N) is 1. The summed E-state index contributed by atoms with van der Waals surface area (Å²) in [5.41, 5.74) is 6.28. The van der Waals surface area contributed by atoms with E-state index in [0.29, 0.717) is 16.9 Å². The SMILES string of the molecule is CC(C)(C)OC(=O)Nc1cc(C#N)ccc1N. The molecule has 0 aliphatic rings. The third-order valence-corrected chi connectivity index (χ3v) is 1.82. The first-order chi connectivity index (χ1) is 7.81. The minimum absolute atomic E-state index is 0.373. The van der Waals surface area contributed by atoms with Crippen molar-refractivity contribution in [2.24, 2.45) is 0 Å². The van der Waals surface area contributed by atoms with Crippen molar-refractivity contribution in [2.75, 3.05) is 11.1 Å². The zero-order valence-electron chi connectivity index (χ0n) is 10.1. The number of ether oxygens (including phenoxy) is 1. The first kappa shape index (κ1) is 12.8. The molecule has 0 saturated carbocycles. The van der Waals surface area contributed by atoms with Gasteiger partial charge in [0.2, 0.25) is 0 Å². The number of nitrogen functional groups attached to an aromatic ring is 1. The minimum atomic E-state index is -0.598. The quantitative estimate of drug-likeness (QED) is 0.729. The van der Waals surface area contributed by atoms with E-state index < -0.39 is 11.7 Å². The third kappa shape index (κ3) is 4.03. The zero-order chi connectivity index (χ0) is 13.1. The van der Waals surface area contributed by atoms with Crippen LogP contribution in [0.15, 0.2) is 18.2 Å². The molecule has 1 rings (SSSR count). The topological polar surface area (TPSA) is 88.1 Å². The summed E-state index contributed by atoms with van der Waals surface area (Å²) in [6, 6.07) is 6.61. The molecule has 1 aromatic rings. The lowest BCUT2D eigenvalue weighted by molar-refractivity contribution is 0.0636. The number of anilines is 2. The van der Waals surface area contributed by atoms with Gasteiger partial charge in [0.15, 0.2) is 0 Å². The van der Waals surface area contributed by atoms with Gasteiger partial charge in [-0.3, -0.25) is 5.32 Å². The molecule has 90 valence electrons. The Kier molecular flexibility index (Phi) is 3.59. The molecule has 0 atom stereocenters. The lowest BCUT2D eigenvalue weighted by Crippen LogP contribution is -2.27. The molecular weight excluding hydrogens is 218 g/mol. The summed E-state index contributed by atoms with van der Waals surface area (Å²) in [5.74, 6) is 0. The Balaban J connectivity index is 2.82. The van der Waals surface area contributed by atoms with Crippen LogP contribution in [0.5, 0.6) is 0 Å². The Hall–Kier alpha value is -2.22. The predicted molar refractivity (Wildman–Crippen MR) is 65.4 cm³/mol. The second kappa shape index (κ2) is 4.74. The summed E-state index contributed by atoms with van der Waals surface area (Å²) in [7, 11) is 0. The number of benzene rings is 1. The molecule has 5 heteroatoms.